The third-order valence-electron chi connectivity index (χ3n) is 3.50. The van der Waals surface area contributed by atoms with Gasteiger partial charge in [0.05, 0.1) is 6.07 Å². The van der Waals surface area contributed by atoms with Gasteiger partial charge in [-0.3, -0.25) is 9.59 Å². The monoisotopic (exact) mass is 349 g/mol. The van der Waals surface area contributed by atoms with E-state index in [0.29, 0.717) is 0 Å². The molecule has 3 N–H and O–H groups in total. The van der Waals surface area contributed by atoms with Crippen LogP contribution in [0.2, 0.25) is 0 Å². The van der Waals surface area contributed by atoms with Gasteiger partial charge in [-0.15, -0.1) is 0 Å². The normalized spacial score (nSPS) is 13.8. The van der Waals surface area contributed by atoms with Crippen molar-refractivity contribution in [3.63, 3.8) is 0 Å². The summed E-state index contributed by atoms with van der Waals surface area (Å²) < 4.78 is 13.8. The molecule has 134 valence electrons. The van der Waals surface area contributed by atoms with E-state index in [4.69, 9.17) is 5.26 Å². The van der Waals surface area contributed by atoms with Crippen molar-refractivity contribution in [2.24, 2.45) is 5.92 Å². The summed E-state index contributed by atoms with van der Waals surface area (Å²) in [7, 11) is 0. The summed E-state index contributed by atoms with van der Waals surface area (Å²) in [6, 6.07) is 5.28. The highest BCUT2D eigenvalue weighted by Gasteiger charge is 2.27. The van der Waals surface area contributed by atoms with E-state index in [1.165, 1.54) is 32.0 Å². The third kappa shape index (κ3) is 6.59. The van der Waals surface area contributed by atoms with Gasteiger partial charge in [-0.2, -0.15) is 5.26 Å². The predicted molar refractivity (Wildman–Crippen MR) is 86.7 cm³/mol. The minimum Gasteiger partial charge on any atom is -0.480 e. The lowest BCUT2D eigenvalue weighted by Crippen LogP contribution is -2.52. The summed E-state index contributed by atoms with van der Waals surface area (Å²) in [5.41, 5.74) is 0.216. The zero-order chi connectivity index (χ0) is 19.0. The molecule has 0 fully saturated rings. The molecule has 0 bridgehead atoms. The SMILES string of the molecule is CC(=O)N[C@H](Cc1ccccc1F)C(=O)N[C@H](C[C@@H](C)C#N)C(=O)O. The summed E-state index contributed by atoms with van der Waals surface area (Å²) in [5, 5.41) is 22.7. The molecule has 0 saturated heterocycles. The van der Waals surface area contributed by atoms with E-state index in [1.807, 2.05) is 6.07 Å². The van der Waals surface area contributed by atoms with Crippen LogP contribution in [0, 0.1) is 23.1 Å². The van der Waals surface area contributed by atoms with Crippen molar-refractivity contribution in [1.29, 1.82) is 5.26 Å². The number of carboxylic acids is 1. The number of carbonyl (C=O) groups is 3. The number of halogens is 1. The van der Waals surface area contributed by atoms with Gasteiger partial charge in [-0.1, -0.05) is 18.2 Å². The summed E-state index contributed by atoms with van der Waals surface area (Å²) in [4.78, 5) is 35.0. The predicted octanol–water partition coefficient (Wildman–Crippen LogP) is 0.992. The Morgan fingerprint density at radius 2 is 1.88 bits per heavy atom. The number of nitrogens with one attached hydrogen (secondary N) is 2. The summed E-state index contributed by atoms with van der Waals surface area (Å²) in [6.45, 7) is 2.74. The van der Waals surface area contributed by atoms with Crippen LogP contribution in [0.1, 0.15) is 25.8 Å². The van der Waals surface area contributed by atoms with Gasteiger partial charge < -0.3 is 15.7 Å². The molecule has 0 aliphatic rings. The van der Waals surface area contributed by atoms with E-state index < -0.39 is 41.6 Å². The number of hydrogen-bond donors (Lipinski definition) is 3. The highest BCUT2D eigenvalue weighted by Crippen LogP contribution is 2.11. The van der Waals surface area contributed by atoms with Gasteiger partial charge >= 0.3 is 5.97 Å². The molecule has 8 heteroatoms. The number of nitrogens with zero attached hydrogens (tertiary/aromatic N) is 1. The molecule has 0 saturated carbocycles. The molecule has 0 unspecified atom stereocenters. The maximum Gasteiger partial charge on any atom is 0.326 e. The van der Waals surface area contributed by atoms with Gasteiger partial charge in [0.15, 0.2) is 0 Å². The first-order chi connectivity index (χ1) is 11.7. The van der Waals surface area contributed by atoms with E-state index in [2.05, 4.69) is 10.6 Å². The molecule has 1 rings (SSSR count). The van der Waals surface area contributed by atoms with E-state index in [1.54, 1.807) is 6.07 Å². The number of rotatable bonds is 8. The number of benzene rings is 1. The maximum absolute atomic E-state index is 13.8. The van der Waals surface area contributed by atoms with Gasteiger partial charge in [0.25, 0.3) is 0 Å². The fourth-order valence-corrected chi connectivity index (χ4v) is 2.24. The first-order valence-electron chi connectivity index (χ1n) is 7.67. The lowest BCUT2D eigenvalue weighted by Gasteiger charge is -2.21. The van der Waals surface area contributed by atoms with Gasteiger partial charge in [0.1, 0.15) is 17.9 Å². The standard InChI is InChI=1S/C17H20FN3O4/c1-10(9-19)7-15(17(24)25)21-16(23)14(20-11(2)22)8-12-5-3-4-6-13(12)18/h3-6,10,14-15H,7-8H2,1-2H3,(H,20,22)(H,21,23)(H,24,25)/t10-,14-,15-/m1/s1. The fourth-order valence-electron chi connectivity index (χ4n) is 2.24. The number of carboxylic acid groups (broad SMARTS) is 1. The van der Waals surface area contributed by atoms with Crippen LogP contribution in [0.4, 0.5) is 4.39 Å². The first-order valence-corrected chi connectivity index (χ1v) is 7.67. The Bertz CT molecular complexity index is 687. The first kappa shape index (κ1) is 20.1. The molecule has 1 aromatic carbocycles. The van der Waals surface area contributed by atoms with Crippen molar-refractivity contribution >= 4 is 17.8 Å². The van der Waals surface area contributed by atoms with Crippen molar-refractivity contribution < 1.29 is 23.9 Å². The topological polar surface area (TPSA) is 119 Å². The highest BCUT2D eigenvalue weighted by molar-refractivity contribution is 5.90. The number of amides is 2. The van der Waals surface area contributed by atoms with E-state index in [9.17, 15) is 23.9 Å². The highest BCUT2D eigenvalue weighted by atomic mass is 19.1. The van der Waals surface area contributed by atoms with E-state index in [-0.39, 0.29) is 18.4 Å². The van der Waals surface area contributed by atoms with Gasteiger partial charge in [-0.25, -0.2) is 9.18 Å². The van der Waals surface area contributed by atoms with Crippen molar-refractivity contribution in [2.45, 2.75) is 38.8 Å². The van der Waals surface area contributed by atoms with Crippen LogP contribution in [0.25, 0.3) is 0 Å². The zero-order valence-corrected chi connectivity index (χ0v) is 14.0. The second-order valence-corrected chi connectivity index (χ2v) is 5.71. The van der Waals surface area contributed by atoms with Crippen LogP contribution in [-0.4, -0.2) is 35.0 Å². The molecule has 25 heavy (non-hydrogen) atoms. The molecule has 0 heterocycles. The zero-order valence-electron chi connectivity index (χ0n) is 14.0. The molecule has 0 aromatic heterocycles. The average molecular weight is 349 g/mol. The number of hydrogen-bond acceptors (Lipinski definition) is 4. The molecule has 2 amide bonds. The van der Waals surface area contributed by atoms with Crippen LogP contribution in [0.15, 0.2) is 24.3 Å². The van der Waals surface area contributed by atoms with Crippen LogP contribution in [0.3, 0.4) is 0 Å². The minimum absolute atomic E-state index is 0.0793. The van der Waals surface area contributed by atoms with Crippen LogP contribution < -0.4 is 10.6 Å². The van der Waals surface area contributed by atoms with Crippen molar-refractivity contribution in [1.82, 2.24) is 10.6 Å². The fraction of sp³-hybridized carbons (Fsp3) is 0.412. The number of nitriles is 1. The van der Waals surface area contributed by atoms with Gasteiger partial charge in [-0.05, 0) is 25.0 Å². The summed E-state index contributed by atoms with van der Waals surface area (Å²) in [5.74, 6) is -3.65. The smallest absolute Gasteiger partial charge is 0.326 e. The van der Waals surface area contributed by atoms with Crippen molar-refractivity contribution in [2.75, 3.05) is 0 Å². The average Bonchev–Trinajstić information content (AvgIpc) is 2.54. The quantitative estimate of drug-likeness (QED) is 0.647. The Kier molecular flexibility index (Phi) is 7.53. The van der Waals surface area contributed by atoms with Gasteiger partial charge in [0, 0.05) is 19.3 Å². The van der Waals surface area contributed by atoms with Gasteiger partial charge in [0.2, 0.25) is 11.8 Å². The van der Waals surface area contributed by atoms with Crippen LogP contribution in [-0.2, 0) is 20.8 Å². The lowest BCUT2D eigenvalue weighted by atomic mass is 10.0. The van der Waals surface area contributed by atoms with E-state index >= 15 is 0 Å². The summed E-state index contributed by atoms with van der Waals surface area (Å²) in [6.07, 6.45) is -0.206. The van der Waals surface area contributed by atoms with Crippen LogP contribution >= 0.6 is 0 Å². The molecule has 0 radical (unpaired) electrons. The molecular weight excluding hydrogens is 329 g/mol. The minimum atomic E-state index is -1.29. The molecule has 7 nitrogen and oxygen atoms in total. The lowest BCUT2D eigenvalue weighted by molar-refractivity contribution is -0.142. The Hall–Kier alpha value is -2.95. The van der Waals surface area contributed by atoms with E-state index in [0.717, 1.165) is 0 Å². The molecule has 0 aliphatic carbocycles. The number of carbonyl (C=O) groups excluding carboxylic acids is 2. The van der Waals surface area contributed by atoms with Crippen molar-refractivity contribution in [3.05, 3.63) is 35.6 Å². The van der Waals surface area contributed by atoms with Crippen molar-refractivity contribution in [3.8, 4) is 6.07 Å². The summed E-state index contributed by atoms with van der Waals surface area (Å²) >= 11 is 0. The second-order valence-electron chi connectivity index (χ2n) is 5.71. The molecule has 1 aromatic rings. The molecular formula is C17H20FN3O4. The Morgan fingerprint density at radius 1 is 1.24 bits per heavy atom. The second kappa shape index (κ2) is 9.37. The molecule has 0 spiro atoms. The third-order valence-corrected chi connectivity index (χ3v) is 3.50. The number of aliphatic carboxylic acids is 1. The molecule has 0 aliphatic heterocycles. The Morgan fingerprint density at radius 3 is 2.40 bits per heavy atom. The maximum atomic E-state index is 13.8. The Balaban J connectivity index is 2.92. The Labute approximate surface area is 144 Å². The van der Waals surface area contributed by atoms with Crippen LogP contribution in [0.5, 0.6) is 0 Å². The molecule has 3 atom stereocenters. The largest absolute Gasteiger partial charge is 0.480 e.